The second-order valence-corrected chi connectivity index (χ2v) is 5.84. The van der Waals surface area contributed by atoms with Crippen LogP contribution in [0.3, 0.4) is 0 Å². The number of carbonyl (C=O) groups is 2. The summed E-state index contributed by atoms with van der Waals surface area (Å²) in [5, 5.41) is 14.9. The number of carboxylic acid groups (broad SMARTS) is 1. The number of aliphatic carboxylic acids is 1. The number of amides is 1. The molecule has 0 saturated heterocycles. The SMILES string of the molecule is O=C(O)CCCCNC(=O)c1cnn(-c2ccc(Cl)cc2)c1C(F)(F)F. The topological polar surface area (TPSA) is 84.2 Å². The number of hydrogen-bond donors (Lipinski definition) is 2. The number of aromatic nitrogens is 2. The van der Waals surface area contributed by atoms with Crippen LogP contribution in [0.25, 0.3) is 5.69 Å². The maximum atomic E-state index is 13.5. The molecule has 2 rings (SSSR count). The largest absolute Gasteiger partial charge is 0.481 e. The highest BCUT2D eigenvalue weighted by Gasteiger charge is 2.40. The van der Waals surface area contributed by atoms with Crippen LogP contribution in [-0.4, -0.2) is 33.3 Å². The van der Waals surface area contributed by atoms with Crippen molar-refractivity contribution in [1.29, 1.82) is 0 Å². The first-order valence-electron chi connectivity index (χ1n) is 7.61. The van der Waals surface area contributed by atoms with Crippen molar-refractivity contribution in [3.63, 3.8) is 0 Å². The van der Waals surface area contributed by atoms with E-state index in [1.165, 1.54) is 24.3 Å². The van der Waals surface area contributed by atoms with Crippen molar-refractivity contribution in [2.45, 2.75) is 25.4 Å². The van der Waals surface area contributed by atoms with Crippen molar-refractivity contribution in [1.82, 2.24) is 15.1 Å². The molecule has 0 unspecified atom stereocenters. The fraction of sp³-hybridized carbons (Fsp3) is 0.312. The Morgan fingerprint density at radius 2 is 1.85 bits per heavy atom. The summed E-state index contributed by atoms with van der Waals surface area (Å²) in [5.41, 5.74) is -1.68. The lowest BCUT2D eigenvalue weighted by molar-refractivity contribution is -0.143. The highest BCUT2D eigenvalue weighted by Crippen LogP contribution is 2.33. The summed E-state index contributed by atoms with van der Waals surface area (Å²) in [6, 6.07) is 5.55. The predicted octanol–water partition coefficient (Wildman–Crippen LogP) is 3.53. The van der Waals surface area contributed by atoms with Crippen molar-refractivity contribution < 1.29 is 27.9 Å². The first-order chi connectivity index (χ1) is 12.2. The van der Waals surface area contributed by atoms with Gasteiger partial charge in [0.1, 0.15) is 0 Å². The molecule has 1 aromatic heterocycles. The van der Waals surface area contributed by atoms with Gasteiger partial charge in [-0.1, -0.05) is 11.6 Å². The summed E-state index contributed by atoms with van der Waals surface area (Å²) in [5.74, 6) is -1.90. The average molecular weight is 390 g/mol. The number of halogens is 4. The molecule has 2 N–H and O–H groups in total. The zero-order valence-electron chi connectivity index (χ0n) is 13.4. The molecular formula is C16H15ClF3N3O3. The number of carboxylic acids is 1. The van der Waals surface area contributed by atoms with Gasteiger partial charge in [-0.05, 0) is 37.1 Å². The maximum absolute atomic E-state index is 13.5. The van der Waals surface area contributed by atoms with E-state index in [0.29, 0.717) is 22.5 Å². The number of benzene rings is 1. The fourth-order valence-corrected chi connectivity index (χ4v) is 2.39. The molecule has 140 valence electrons. The van der Waals surface area contributed by atoms with Crippen LogP contribution in [0.2, 0.25) is 5.02 Å². The van der Waals surface area contributed by atoms with E-state index >= 15 is 0 Å². The number of carbonyl (C=O) groups excluding carboxylic acids is 1. The van der Waals surface area contributed by atoms with Gasteiger partial charge in [-0.15, -0.1) is 0 Å². The molecule has 0 fully saturated rings. The Bertz CT molecular complexity index is 788. The lowest BCUT2D eigenvalue weighted by atomic mass is 10.2. The van der Waals surface area contributed by atoms with Crippen LogP contribution >= 0.6 is 11.6 Å². The maximum Gasteiger partial charge on any atom is 0.434 e. The number of rotatable bonds is 7. The summed E-state index contributed by atoms with van der Waals surface area (Å²) in [7, 11) is 0. The first-order valence-corrected chi connectivity index (χ1v) is 7.99. The molecule has 6 nitrogen and oxygen atoms in total. The normalized spacial score (nSPS) is 11.4. The Balaban J connectivity index is 2.19. The van der Waals surface area contributed by atoms with Gasteiger partial charge in [0.15, 0.2) is 5.69 Å². The second-order valence-electron chi connectivity index (χ2n) is 5.40. The van der Waals surface area contributed by atoms with E-state index in [2.05, 4.69) is 10.4 Å². The summed E-state index contributed by atoms with van der Waals surface area (Å²) in [6.45, 7) is 0.0650. The summed E-state index contributed by atoms with van der Waals surface area (Å²) in [6.07, 6.45) is -3.37. The van der Waals surface area contributed by atoms with E-state index in [1.54, 1.807) is 0 Å². The van der Waals surface area contributed by atoms with Crippen LogP contribution in [-0.2, 0) is 11.0 Å². The van der Waals surface area contributed by atoms with Crippen molar-refractivity contribution in [2.24, 2.45) is 0 Å². The number of nitrogens with one attached hydrogen (secondary N) is 1. The van der Waals surface area contributed by atoms with E-state index in [0.717, 1.165) is 6.20 Å². The third kappa shape index (κ3) is 4.98. The van der Waals surface area contributed by atoms with E-state index in [1.807, 2.05) is 0 Å². The standard InChI is InChI=1S/C16H15ClF3N3O3/c17-10-4-6-11(7-5-10)23-14(16(18,19)20)12(9-22-23)15(26)21-8-2-1-3-13(24)25/h4-7,9H,1-3,8H2,(H,21,26)(H,24,25). The minimum Gasteiger partial charge on any atom is -0.481 e. The van der Waals surface area contributed by atoms with Crippen LogP contribution in [0.4, 0.5) is 13.2 Å². The molecule has 0 saturated carbocycles. The Morgan fingerprint density at radius 1 is 1.19 bits per heavy atom. The van der Waals surface area contributed by atoms with Crippen LogP contribution in [0, 0.1) is 0 Å². The molecule has 0 bridgehead atoms. The molecule has 10 heteroatoms. The van der Waals surface area contributed by atoms with Crippen LogP contribution in [0.15, 0.2) is 30.5 Å². The van der Waals surface area contributed by atoms with Gasteiger partial charge in [-0.3, -0.25) is 9.59 Å². The van der Waals surface area contributed by atoms with E-state index < -0.39 is 29.3 Å². The lowest BCUT2D eigenvalue weighted by Gasteiger charge is -2.13. The molecule has 0 aliphatic rings. The molecule has 0 aliphatic carbocycles. The predicted molar refractivity (Wildman–Crippen MR) is 87.4 cm³/mol. The molecule has 0 radical (unpaired) electrons. The van der Waals surface area contributed by atoms with Gasteiger partial charge < -0.3 is 10.4 Å². The van der Waals surface area contributed by atoms with Crippen LogP contribution in [0.1, 0.15) is 35.3 Å². The van der Waals surface area contributed by atoms with Crippen molar-refractivity contribution in [2.75, 3.05) is 6.54 Å². The summed E-state index contributed by atoms with van der Waals surface area (Å²) >= 11 is 5.73. The van der Waals surface area contributed by atoms with Gasteiger partial charge in [-0.25, -0.2) is 4.68 Å². The number of alkyl halides is 3. The van der Waals surface area contributed by atoms with E-state index in [-0.39, 0.29) is 18.7 Å². The number of hydrogen-bond acceptors (Lipinski definition) is 3. The smallest absolute Gasteiger partial charge is 0.434 e. The molecule has 0 atom stereocenters. The van der Waals surface area contributed by atoms with Crippen molar-refractivity contribution in [3.05, 3.63) is 46.7 Å². The highest BCUT2D eigenvalue weighted by molar-refractivity contribution is 6.30. The Kier molecular flexibility index (Phi) is 6.25. The van der Waals surface area contributed by atoms with Crippen molar-refractivity contribution in [3.8, 4) is 5.69 Å². The first kappa shape index (κ1) is 19.8. The van der Waals surface area contributed by atoms with Gasteiger partial charge in [0.25, 0.3) is 5.91 Å². The van der Waals surface area contributed by atoms with E-state index in [4.69, 9.17) is 16.7 Å². The van der Waals surface area contributed by atoms with Gasteiger partial charge in [0.2, 0.25) is 0 Å². The lowest BCUT2D eigenvalue weighted by Crippen LogP contribution is -2.27. The number of unbranched alkanes of at least 4 members (excludes halogenated alkanes) is 1. The summed E-state index contributed by atoms with van der Waals surface area (Å²) < 4.78 is 41.0. The van der Waals surface area contributed by atoms with Crippen molar-refractivity contribution >= 4 is 23.5 Å². The zero-order chi connectivity index (χ0) is 19.3. The Labute approximate surface area is 151 Å². The molecule has 0 aliphatic heterocycles. The molecule has 2 aromatic rings. The average Bonchev–Trinajstić information content (AvgIpc) is 3.00. The van der Waals surface area contributed by atoms with Crippen LogP contribution in [0.5, 0.6) is 0 Å². The molecule has 0 spiro atoms. The third-order valence-corrected chi connectivity index (χ3v) is 3.71. The quantitative estimate of drug-likeness (QED) is 0.709. The molecular weight excluding hydrogens is 375 g/mol. The molecule has 1 aromatic carbocycles. The van der Waals surface area contributed by atoms with Crippen LogP contribution < -0.4 is 5.32 Å². The number of nitrogens with zero attached hydrogens (tertiary/aromatic N) is 2. The van der Waals surface area contributed by atoms with Gasteiger partial charge in [0, 0.05) is 18.0 Å². The second kappa shape index (κ2) is 8.22. The zero-order valence-corrected chi connectivity index (χ0v) is 14.1. The monoisotopic (exact) mass is 389 g/mol. The van der Waals surface area contributed by atoms with Gasteiger partial charge in [-0.2, -0.15) is 18.3 Å². The highest BCUT2D eigenvalue weighted by atomic mass is 35.5. The minimum atomic E-state index is -4.80. The van der Waals surface area contributed by atoms with E-state index in [9.17, 15) is 22.8 Å². The molecule has 26 heavy (non-hydrogen) atoms. The Morgan fingerprint density at radius 3 is 2.42 bits per heavy atom. The van der Waals surface area contributed by atoms with Gasteiger partial charge in [0.05, 0.1) is 17.4 Å². The summed E-state index contributed by atoms with van der Waals surface area (Å²) in [4.78, 5) is 22.5. The Hall–Kier alpha value is -2.55. The van der Waals surface area contributed by atoms with Gasteiger partial charge >= 0.3 is 12.1 Å². The fourth-order valence-electron chi connectivity index (χ4n) is 2.26. The molecule has 1 heterocycles. The minimum absolute atomic E-state index is 0.0650. The third-order valence-electron chi connectivity index (χ3n) is 3.46. The molecule has 1 amide bonds.